The molecule has 0 radical (unpaired) electrons. The average Bonchev–Trinajstić information content (AvgIpc) is 2.45. The molecule has 1 aliphatic carbocycles. The van der Waals surface area contributed by atoms with Crippen LogP contribution in [0.15, 0.2) is 36.0 Å². The molecule has 1 atom stereocenters. The molecule has 0 aliphatic heterocycles. The molecular weight excluding hydrogens is 280 g/mol. The molecule has 1 aliphatic rings. The normalized spacial score (nSPS) is 20.4. The Kier molecular flexibility index (Phi) is 6.15. The minimum Gasteiger partial charge on any atom is -0.462 e. The molecule has 0 N–H and O–H groups in total. The zero-order valence-corrected chi connectivity index (χ0v) is 14.1. The quantitative estimate of drug-likeness (QED) is 0.337. The SMILES string of the molecule is CCOC(=O)C(=CC1(C(C)(C)C)C=CC=CC1)C(=O)OCC. The Labute approximate surface area is 132 Å². The Bertz CT molecular complexity index is 486. The van der Waals surface area contributed by atoms with E-state index < -0.39 is 17.4 Å². The van der Waals surface area contributed by atoms with E-state index in [-0.39, 0.29) is 24.2 Å². The first kappa shape index (κ1) is 18.2. The lowest BCUT2D eigenvalue weighted by Gasteiger charge is -2.41. The second-order valence-corrected chi connectivity index (χ2v) is 6.28. The van der Waals surface area contributed by atoms with E-state index in [4.69, 9.17) is 9.47 Å². The van der Waals surface area contributed by atoms with Gasteiger partial charge in [0.05, 0.1) is 13.2 Å². The van der Waals surface area contributed by atoms with Gasteiger partial charge in [-0.15, -0.1) is 0 Å². The van der Waals surface area contributed by atoms with Crippen molar-refractivity contribution in [2.24, 2.45) is 10.8 Å². The Morgan fingerprint density at radius 2 is 1.64 bits per heavy atom. The summed E-state index contributed by atoms with van der Waals surface area (Å²) in [4.78, 5) is 24.3. The number of allylic oxidation sites excluding steroid dienone is 5. The fourth-order valence-corrected chi connectivity index (χ4v) is 2.39. The molecule has 1 rings (SSSR count). The van der Waals surface area contributed by atoms with Crippen LogP contribution in [0.1, 0.15) is 41.0 Å². The molecule has 0 aromatic heterocycles. The lowest BCUT2D eigenvalue weighted by atomic mass is 9.62. The smallest absolute Gasteiger partial charge is 0.345 e. The summed E-state index contributed by atoms with van der Waals surface area (Å²) in [6, 6.07) is 0. The third-order valence-corrected chi connectivity index (χ3v) is 3.89. The third-order valence-electron chi connectivity index (χ3n) is 3.89. The summed E-state index contributed by atoms with van der Waals surface area (Å²) >= 11 is 0. The van der Waals surface area contributed by atoms with Gasteiger partial charge in [0, 0.05) is 5.41 Å². The van der Waals surface area contributed by atoms with Crippen molar-refractivity contribution in [3.63, 3.8) is 0 Å². The summed E-state index contributed by atoms with van der Waals surface area (Å²) in [6.07, 6.45) is 10.4. The van der Waals surface area contributed by atoms with Crippen LogP contribution in [0.3, 0.4) is 0 Å². The lowest BCUT2D eigenvalue weighted by molar-refractivity contribution is -0.146. The van der Waals surface area contributed by atoms with Gasteiger partial charge >= 0.3 is 11.9 Å². The van der Waals surface area contributed by atoms with Gasteiger partial charge in [-0.1, -0.05) is 51.2 Å². The highest BCUT2D eigenvalue weighted by Gasteiger charge is 2.40. The first-order valence-electron chi connectivity index (χ1n) is 7.69. The van der Waals surface area contributed by atoms with Gasteiger partial charge in [-0.3, -0.25) is 0 Å². The number of carbonyl (C=O) groups is 2. The van der Waals surface area contributed by atoms with Crippen molar-refractivity contribution < 1.29 is 19.1 Å². The summed E-state index contributed by atoms with van der Waals surface area (Å²) in [7, 11) is 0. The first-order chi connectivity index (χ1) is 10.3. The number of hydrogen-bond donors (Lipinski definition) is 0. The van der Waals surface area contributed by atoms with Crippen LogP contribution in [0.5, 0.6) is 0 Å². The van der Waals surface area contributed by atoms with Crippen LogP contribution in [0.4, 0.5) is 0 Å². The molecule has 0 aromatic rings. The summed E-state index contributed by atoms with van der Waals surface area (Å²) in [5, 5.41) is 0. The molecule has 22 heavy (non-hydrogen) atoms. The summed E-state index contributed by atoms with van der Waals surface area (Å²) in [6.45, 7) is 10.1. The maximum absolute atomic E-state index is 12.2. The number of ether oxygens (including phenoxy) is 2. The molecule has 122 valence electrons. The van der Waals surface area contributed by atoms with Gasteiger partial charge in [-0.25, -0.2) is 9.59 Å². The zero-order chi connectivity index (χ0) is 16.8. The zero-order valence-electron chi connectivity index (χ0n) is 14.1. The molecule has 4 nitrogen and oxygen atoms in total. The number of esters is 2. The van der Waals surface area contributed by atoms with E-state index in [0.717, 1.165) is 6.42 Å². The molecule has 0 fully saturated rings. The highest BCUT2D eigenvalue weighted by atomic mass is 16.6. The number of rotatable bonds is 5. The van der Waals surface area contributed by atoms with Crippen molar-refractivity contribution >= 4 is 11.9 Å². The van der Waals surface area contributed by atoms with E-state index in [2.05, 4.69) is 20.8 Å². The Balaban J connectivity index is 3.32. The first-order valence-corrected chi connectivity index (χ1v) is 7.69. The van der Waals surface area contributed by atoms with E-state index in [1.54, 1.807) is 19.9 Å². The van der Waals surface area contributed by atoms with Gasteiger partial charge < -0.3 is 9.47 Å². The van der Waals surface area contributed by atoms with Gasteiger partial charge in [-0.2, -0.15) is 0 Å². The van der Waals surface area contributed by atoms with E-state index in [1.807, 2.05) is 24.3 Å². The van der Waals surface area contributed by atoms with Gasteiger partial charge in [0.2, 0.25) is 0 Å². The van der Waals surface area contributed by atoms with Crippen LogP contribution in [0.2, 0.25) is 0 Å². The monoisotopic (exact) mass is 306 g/mol. The summed E-state index contributed by atoms with van der Waals surface area (Å²) < 4.78 is 10.0. The third kappa shape index (κ3) is 4.09. The van der Waals surface area contributed by atoms with Gasteiger partial charge in [0.1, 0.15) is 5.57 Å². The van der Waals surface area contributed by atoms with Crippen LogP contribution in [0.25, 0.3) is 0 Å². The van der Waals surface area contributed by atoms with E-state index in [0.29, 0.717) is 0 Å². The van der Waals surface area contributed by atoms with Gasteiger partial charge in [0.15, 0.2) is 0 Å². The molecule has 0 amide bonds. The van der Waals surface area contributed by atoms with Crippen molar-refractivity contribution in [2.75, 3.05) is 13.2 Å². The summed E-state index contributed by atoms with van der Waals surface area (Å²) in [5.74, 6) is -1.26. The second kappa shape index (κ2) is 7.43. The van der Waals surface area contributed by atoms with Crippen LogP contribution < -0.4 is 0 Å². The van der Waals surface area contributed by atoms with Crippen molar-refractivity contribution in [2.45, 2.75) is 41.0 Å². The second-order valence-electron chi connectivity index (χ2n) is 6.28. The Morgan fingerprint density at radius 1 is 1.09 bits per heavy atom. The molecule has 1 unspecified atom stereocenters. The molecule has 0 bridgehead atoms. The van der Waals surface area contributed by atoms with Gasteiger partial charge in [0.25, 0.3) is 0 Å². The highest BCUT2D eigenvalue weighted by molar-refractivity contribution is 6.14. The van der Waals surface area contributed by atoms with Crippen LogP contribution in [0, 0.1) is 10.8 Å². The minimum atomic E-state index is -0.632. The van der Waals surface area contributed by atoms with Crippen molar-refractivity contribution in [1.29, 1.82) is 0 Å². The lowest BCUT2D eigenvalue weighted by Crippen LogP contribution is -2.34. The molecule has 0 saturated carbocycles. The van der Waals surface area contributed by atoms with Crippen LogP contribution >= 0.6 is 0 Å². The van der Waals surface area contributed by atoms with Gasteiger partial charge in [-0.05, 0) is 25.7 Å². The van der Waals surface area contributed by atoms with Crippen molar-refractivity contribution in [3.8, 4) is 0 Å². The molecule has 0 spiro atoms. The average molecular weight is 306 g/mol. The standard InChI is InChI=1S/C18H26O4/c1-6-21-15(19)14(16(20)22-7-2)13-18(17(3,4)5)11-9-8-10-12-18/h8-11,13H,6-7,12H2,1-5H3. The van der Waals surface area contributed by atoms with Crippen molar-refractivity contribution in [3.05, 3.63) is 36.0 Å². The fourth-order valence-electron chi connectivity index (χ4n) is 2.39. The van der Waals surface area contributed by atoms with E-state index in [1.165, 1.54) is 0 Å². The maximum atomic E-state index is 12.2. The predicted molar refractivity (Wildman–Crippen MR) is 86.1 cm³/mol. The molecule has 0 aromatic carbocycles. The molecule has 0 saturated heterocycles. The van der Waals surface area contributed by atoms with Crippen molar-refractivity contribution in [1.82, 2.24) is 0 Å². The highest BCUT2D eigenvalue weighted by Crippen LogP contribution is 2.46. The molecule has 0 heterocycles. The van der Waals surface area contributed by atoms with E-state index in [9.17, 15) is 9.59 Å². The van der Waals surface area contributed by atoms with E-state index >= 15 is 0 Å². The Morgan fingerprint density at radius 3 is 2.00 bits per heavy atom. The largest absolute Gasteiger partial charge is 0.462 e. The summed E-state index contributed by atoms with van der Waals surface area (Å²) in [5.41, 5.74) is -0.631. The maximum Gasteiger partial charge on any atom is 0.345 e. The minimum absolute atomic E-state index is 0.0291. The topological polar surface area (TPSA) is 52.6 Å². The Hall–Kier alpha value is -1.84. The number of hydrogen-bond acceptors (Lipinski definition) is 4. The number of carbonyl (C=O) groups excluding carboxylic acids is 2. The fraction of sp³-hybridized carbons (Fsp3) is 0.556. The van der Waals surface area contributed by atoms with Crippen LogP contribution in [-0.2, 0) is 19.1 Å². The molecular formula is C18H26O4. The predicted octanol–water partition coefficient (Wildman–Crippen LogP) is 3.59. The molecule has 4 heteroatoms. The van der Waals surface area contributed by atoms with Crippen LogP contribution in [-0.4, -0.2) is 25.2 Å².